The Morgan fingerprint density at radius 1 is 0.560 bits per heavy atom. The van der Waals surface area contributed by atoms with Crippen LogP contribution in [0.5, 0.6) is 0 Å². The largest absolute Gasteiger partial charge is 0.464 e. The lowest BCUT2D eigenvalue weighted by Crippen LogP contribution is -2.68. The van der Waals surface area contributed by atoms with Crippen LogP contribution in [0.2, 0.25) is 0 Å². The van der Waals surface area contributed by atoms with Gasteiger partial charge in [0.1, 0.15) is 13.2 Å². The first kappa shape index (κ1) is 33.4. The molecule has 13 rings (SSSR count). The number of hydrogen-bond donors (Lipinski definition) is 0. The monoisotopic (exact) mass is 692 g/mol. The molecular formula is C43H64O7. The Balaban J connectivity index is 0.854. The van der Waals surface area contributed by atoms with Crippen molar-refractivity contribution in [2.45, 2.75) is 136 Å². The number of ether oxygens (including phenoxy) is 5. The number of rotatable bonds is 9. The molecule has 1 spiro atoms. The van der Waals surface area contributed by atoms with Crippen LogP contribution >= 0.6 is 0 Å². The van der Waals surface area contributed by atoms with Crippen molar-refractivity contribution in [3.63, 3.8) is 0 Å². The number of carbonyl (C=O) groups excluding carboxylic acids is 2. The van der Waals surface area contributed by atoms with Crippen molar-refractivity contribution in [3.05, 3.63) is 0 Å². The highest BCUT2D eigenvalue weighted by atomic mass is 16.7. The topological polar surface area (TPSA) is 80.3 Å². The smallest absolute Gasteiger partial charge is 0.312 e. The quantitative estimate of drug-likeness (QED) is 0.226. The second kappa shape index (κ2) is 11.4. The van der Waals surface area contributed by atoms with Gasteiger partial charge < -0.3 is 23.7 Å². The zero-order valence-electron chi connectivity index (χ0n) is 31.3. The van der Waals surface area contributed by atoms with Crippen molar-refractivity contribution in [1.82, 2.24) is 0 Å². The second-order valence-electron chi connectivity index (χ2n) is 22.2. The molecule has 12 bridgehead atoms. The van der Waals surface area contributed by atoms with E-state index in [4.69, 9.17) is 23.7 Å². The molecule has 0 N–H and O–H groups in total. The van der Waals surface area contributed by atoms with E-state index in [9.17, 15) is 9.59 Å². The van der Waals surface area contributed by atoms with E-state index in [1.807, 2.05) is 0 Å². The van der Waals surface area contributed by atoms with Crippen LogP contribution in [0.15, 0.2) is 0 Å². The third-order valence-corrected chi connectivity index (χ3v) is 16.6. The van der Waals surface area contributed by atoms with Crippen LogP contribution < -0.4 is 0 Å². The lowest BCUT2D eigenvalue weighted by atomic mass is 9.47. The summed E-state index contributed by atoms with van der Waals surface area (Å²) in [4.78, 5) is 28.2. The Morgan fingerprint density at radius 2 is 0.960 bits per heavy atom. The first-order chi connectivity index (χ1) is 23.8. The normalized spacial score (nSPS) is 52.2. The second-order valence-corrected chi connectivity index (χ2v) is 22.2. The molecule has 7 nitrogen and oxygen atoms in total. The average molecular weight is 693 g/mol. The van der Waals surface area contributed by atoms with Gasteiger partial charge in [-0.05, 0) is 161 Å². The van der Waals surface area contributed by atoms with Crippen molar-refractivity contribution in [2.24, 2.45) is 80.3 Å². The molecule has 12 aliphatic carbocycles. The van der Waals surface area contributed by atoms with E-state index in [2.05, 4.69) is 20.8 Å². The van der Waals surface area contributed by atoms with Gasteiger partial charge in [-0.2, -0.15) is 0 Å². The molecule has 1 heterocycles. The summed E-state index contributed by atoms with van der Waals surface area (Å²) in [5, 5.41) is 0. The first-order valence-corrected chi connectivity index (χ1v) is 21.0. The zero-order valence-corrected chi connectivity index (χ0v) is 31.3. The molecule has 0 aromatic rings. The number of carbonyl (C=O) groups is 2. The van der Waals surface area contributed by atoms with Crippen LogP contribution in [-0.4, -0.2) is 57.4 Å². The Kier molecular flexibility index (Phi) is 7.63. The maximum Gasteiger partial charge on any atom is 0.312 e. The van der Waals surface area contributed by atoms with Gasteiger partial charge in [0, 0.05) is 11.8 Å². The van der Waals surface area contributed by atoms with Crippen LogP contribution in [0.4, 0.5) is 0 Å². The molecule has 0 radical (unpaired) electrons. The van der Waals surface area contributed by atoms with Crippen molar-refractivity contribution in [1.29, 1.82) is 0 Å². The van der Waals surface area contributed by atoms with E-state index < -0.39 is 11.2 Å². The molecule has 0 amide bonds. The zero-order chi connectivity index (χ0) is 34.1. The molecule has 50 heavy (non-hydrogen) atoms. The molecule has 7 heteroatoms. The molecule has 2 atom stereocenters. The summed E-state index contributed by atoms with van der Waals surface area (Å²) < 4.78 is 33.4. The fraction of sp³-hybridized carbons (Fsp3) is 0.953. The minimum Gasteiger partial charge on any atom is -0.464 e. The summed E-state index contributed by atoms with van der Waals surface area (Å²) >= 11 is 0. The molecule has 1 aliphatic heterocycles. The molecular weight excluding hydrogens is 628 g/mol. The minimum absolute atomic E-state index is 0.00417. The summed E-state index contributed by atoms with van der Waals surface area (Å²) in [6.45, 7) is 9.63. The van der Waals surface area contributed by atoms with Gasteiger partial charge in [0.25, 0.3) is 0 Å². The third-order valence-electron chi connectivity index (χ3n) is 16.6. The first-order valence-electron chi connectivity index (χ1n) is 21.0. The summed E-state index contributed by atoms with van der Waals surface area (Å²) in [5.41, 5.74) is -0.901. The molecule has 0 aromatic carbocycles. The average Bonchev–Trinajstić information content (AvgIpc) is 3.03. The van der Waals surface area contributed by atoms with Crippen LogP contribution in [0.25, 0.3) is 0 Å². The van der Waals surface area contributed by atoms with Crippen LogP contribution in [0.1, 0.15) is 130 Å². The van der Waals surface area contributed by atoms with E-state index in [-0.39, 0.29) is 46.8 Å². The van der Waals surface area contributed by atoms with E-state index in [1.165, 1.54) is 44.9 Å². The lowest BCUT2D eigenvalue weighted by Gasteiger charge is -2.66. The predicted molar refractivity (Wildman–Crippen MR) is 186 cm³/mol. The van der Waals surface area contributed by atoms with Gasteiger partial charge in [-0.3, -0.25) is 9.59 Å². The van der Waals surface area contributed by atoms with Crippen LogP contribution in [0.3, 0.4) is 0 Å². The molecule has 13 aliphatic rings. The van der Waals surface area contributed by atoms with E-state index >= 15 is 0 Å². The van der Waals surface area contributed by atoms with Crippen LogP contribution in [0, 0.1) is 80.3 Å². The summed E-state index contributed by atoms with van der Waals surface area (Å²) in [5.74, 6) is 4.95. The van der Waals surface area contributed by atoms with Gasteiger partial charge in [-0.1, -0.05) is 20.8 Å². The molecule has 1 saturated heterocycles. The highest BCUT2D eigenvalue weighted by Gasteiger charge is 2.66. The molecule has 0 aromatic heterocycles. The fourth-order valence-corrected chi connectivity index (χ4v) is 15.6. The Hall–Kier alpha value is -1.18. The number of hydrogen-bond acceptors (Lipinski definition) is 7. The molecule has 2 unspecified atom stereocenters. The third kappa shape index (κ3) is 5.49. The minimum atomic E-state index is -0.677. The highest BCUT2D eigenvalue weighted by molar-refractivity contribution is 5.78. The van der Waals surface area contributed by atoms with E-state index in [0.717, 1.165) is 83.3 Å². The molecule has 13 fully saturated rings. The van der Waals surface area contributed by atoms with Gasteiger partial charge >= 0.3 is 11.9 Å². The maximum absolute atomic E-state index is 14.1. The summed E-state index contributed by atoms with van der Waals surface area (Å²) in [7, 11) is 0. The lowest BCUT2D eigenvalue weighted by molar-refractivity contribution is -0.394. The summed E-state index contributed by atoms with van der Waals surface area (Å²) in [6.07, 6.45) is 19.5. The molecule has 278 valence electrons. The van der Waals surface area contributed by atoms with Crippen molar-refractivity contribution < 1.29 is 33.3 Å². The maximum atomic E-state index is 14.1. The van der Waals surface area contributed by atoms with Gasteiger partial charge in [-0.25, -0.2) is 0 Å². The van der Waals surface area contributed by atoms with E-state index in [1.54, 1.807) is 0 Å². The van der Waals surface area contributed by atoms with Gasteiger partial charge in [-0.15, -0.1) is 0 Å². The van der Waals surface area contributed by atoms with Gasteiger partial charge in [0.05, 0.1) is 42.7 Å². The van der Waals surface area contributed by atoms with Crippen molar-refractivity contribution >= 4 is 11.9 Å². The van der Waals surface area contributed by atoms with Gasteiger partial charge in [0.2, 0.25) is 0 Å². The fourth-order valence-electron chi connectivity index (χ4n) is 15.6. The Bertz CT molecular complexity index is 1220. The van der Waals surface area contributed by atoms with Crippen molar-refractivity contribution in [3.8, 4) is 0 Å². The van der Waals surface area contributed by atoms with Crippen LogP contribution in [-0.2, 0) is 33.3 Å². The van der Waals surface area contributed by atoms with Crippen molar-refractivity contribution in [2.75, 3.05) is 39.6 Å². The standard InChI is InChI=1S/C43H64O7/c1-38(2,3)21-46-22-39-12-33-10-34(19-39)43(35(11-33)20-39)49-25-40(26-50-43,23-47-36(44)41-13-27-4-28(14-41)6-29(5-27)15-41)24-48-37(45)42-16-30-7-31(17-42)9-32(8-30)18-42/h27-35H,4-26H2,1-3H3. The number of esters is 2. The van der Waals surface area contributed by atoms with E-state index in [0.29, 0.717) is 60.6 Å². The highest BCUT2D eigenvalue weighted by Crippen LogP contribution is 2.67. The Labute approximate surface area is 300 Å². The Morgan fingerprint density at radius 3 is 1.36 bits per heavy atom. The van der Waals surface area contributed by atoms with Gasteiger partial charge in [0.15, 0.2) is 5.79 Å². The SMILES string of the molecule is CC(C)(C)COCC12CC3CC(C1)C1(OCC(COC(=O)C45CC6CC(CC(C6)C4)C5)(COC(=O)C45CC6CC(CC(C6)C4)C5)CO1)C(C3)C2. The predicted octanol–water partition coefficient (Wildman–Crippen LogP) is 8.12. The summed E-state index contributed by atoms with van der Waals surface area (Å²) in [6, 6.07) is 0. The molecule has 12 saturated carbocycles.